The van der Waals surface area contributed by atoms with Gasteiger partial charge in [-0.05, 0) is 30.3 Å². The molecule has 2 amide bonds. The highest BCUT2D eigenvalue weighted by atomic mass is 35.5. The Balaban J connectivity index is 1.74. The third kappa shape index (κ3) is 5.25. The van der Waals surface area contributed by atoms with E-state index < -0.39 is 5.91 Å². The van der Waals surface area contributed by atoms with Crippen molar-refractivity contribution in [1.82, 2.24) is 14.9 Å². The molecule has 32 heavy (non-hydrogen) atoms. The van der Waals surface area contributed by atoms with Crippen LogP contribution in [0.4, 0.5) is 0 Å². The molecule has 0 saturated heterocycles. The van der Waals surface area contributed by atoms with Gasteiger partial charge in [0, 0.05) is 41.3 Å². The molecular formula is C24H23ClN4O3. The van der Waals surface area contributed by atoms with Crippen molar-refractivity contribution in [3.8, 4) is 5.75 Å². The summed E-state index contributed by atoms with van der Waals surface area (Å²) in [7, 11) is 0. The summed E-state index contributed by atoms with van der Waals surface area (Å²) < 4.78 is 1.87. The number of halogens is 1. The van der Waals surface area contributed by atoms with Crippen molar-refractivity contribution < 1.29 is 14.7 Å². The molecule has 0 aliphatic heterocycles. The number of hydrazone groups is 1. The first-order valence-electron chi connectivity index (χ1n) is 9.84. The molecule has 0 aliphatic carbocycles. The fourth-order valence-electron chi connectivity index (χ4n) is 3.21. The van der Waals surface area contributed by atoms with Crippen molar-refractivity contribution >= 4 is 40.5 Å². The number of phenolic OH excluding ortho intramolecular Hbond substituents is 1. The van der Waals surface area contributed by atoms with E-state index in [-0.39, 0.29) is 28.8 Å². The summed E-state index contributed by atoms with van der Waals surface area (Å²) in [5.41, 5.74) is 4.37. The Hall–Kier alpha value is -3.84. The number of aromatic nitrogens is 1. The minimum atomic E-state index is -0.456. The van der Waals surface area contributed by atoms with Crippen LogP contribution in [0.25, 0.3) is 10.9 Å². The standard InChI is InChI=1S/C24H23ClN4O3/c1-3-11-28(12-4-2)23(31)16-29-13-10-19-18(6-5-7-21(19)29)15-26-27-24(32)17-8-9-22(30)20(25)14-17/h3-10,13-15,30H,1-2,11-12,16H2,(H,27,32). The molecule has 3 rings (SSSR count). The second kappa shape index (κ2) is 10.5. The fraction of sp³-hybridized carbons (Fsp3) is 0.125. The fourth-order valence-corrected chi connectivity index (χ4v) is 3.39. The van der Waals surface area contributed by atoms with Gasteiger partial charge < -0.3 is 14.6 Å². The molecule has 0 atom stereocenters. The largest absolute Gasteiger partial charge is 0.506 e. The van der Waals surface area contributed by atoms with Crippen molar-refractivity contribution in [2.45, 2.75) is 6.54 Å². The molecule has 0 spiro atoms. The van der Waals surface area contributed by atoms with Crippen molar-refractivity contribution in [3.05, 3.63) is 90.1 Å². The maximum absolute atomic E-state index is 12.7. The van der Waals surface area contributed by atoms with Gasteiger partial charge in [-0.2, -0.15) is 5.10 Å². The van der Waals surface area contributed by atoms with Gasteiger partial charge in [-0.3, -0.25) is 9.59 Å². The molecule has 0 radical (unpaired) electrons. The SMILES string of the molecule is C=CCN(CC=C)C(=O)Cn1ccc2c(C=NNC(=O)c3ccc(O)c(Cl)c3)cccc21. The lowest BCUT2D eigenvalue weighted by atomic mass is 10.1. The van der Waals surface area contributed by atoms with Gasteiger partial charge in [0.25, 0.3) is 5.91 Å². The number of hydrogen-bond donors (Lipinski definition) is 2. The van der Waals surface area contributed by atoms with E-state index in [1.165, 1.54) is 24.4 Å². The predicted molar refractivity (Wildman–Crippen MR) is 127 cm³/mol. The van der Waals surface area contributed by atoms with E-state index in [1.807, 2.05) is 35.0 Å². The third-order valence-corrected chi connectivity index (χ3v) is 5.09. The number of aromatic hydroxyl groups is 1. The van der Waals surface area contributed by atoms with E-state index in [9.17, 15) is 14.7 Å². The molecule has 8 heteroatoms. The minimum absolute atomic E-state index is 0.0406. The summed E-state index contributed by atoms with van der Waals surface area (Å²) in [6.07, 6.45) is 6.75. The first kappa shape index (κ1) is 22.8. The van der Waals surface area contributed by atoms with Crippen molar-refractivity contribution in [3.63, 3.8) is 0 Å². The Bertz CT molecular complexity index is 1190. The molecule has 3 aromatic rings. The third-order valence-electron chi connectivity index (χ3n) is 4.78. The Labute approximate surface area is 190 Å². The molecule has 7 nitrogen and oxygen atoms in total. The first-order valence-corrected chi connectivity index (χ1v) is 10.2. The molecule has 2 N–H and O–H groups in total. The topological polar surface area (TPSA) is 86.9 Å². The van der Waals surface area contributed by atoms with E-state index in [1.54, 1.807) is 17.1 Å². The van der Waals surface area contributed by atoms with Gasteiger partial charge in [-0.15, -0.1) is 13.2 Å². The lowest BCUT2D eigenvalue weighted by Gasteiger charge is -2.19. The van der Waals surface area contributed by atoms with Crippen molar-refractivity contribution in [2.75, 3.05) is 13.1 Å². The molecule has 0 fully saturated rings. The summed E-state index contributed by atoms with van der Waals surface area (Å²) >= 11 is 5.84. The number of amides is 2. The van der Waals surface area contributed by atoms with Crippen LogP contribution in [0.15, 0.2) is 79.1 Å². The summed E-state index contributed by atoms with van der Waals surface area (Å²) in [5.74, 6) is -0.595. The van der Waals surface area contributed by atoms with Crippen LogP contribution < -0.4 is 5.43 Å². The lowest BCUT2D eigenvalue weighted by molar-refractivity contribution is -0.130. The number of carbonyl (C=O) groups is 2. The molecule has 1 heterocycles. The van der Waals surface area contributed by atoms with Crippen LogP contribution in [0.1, 0.15) is 15.9 Å². The second-order valence-corrected chi connectivity index (χ2v) is 7.37. The zero-order valence-corrected chi connectivity index (χ0v) is 18.1. The smallest absolute Gasteiger partial charge is 0.271 e. The van der Waals surface area contributed by atoms with Crippen LogP contribution in [0.3, 0.4) is 0 Å². The first-order chi connectivity index (χ1) is 15.4. The Morgan fingerprint density at radius 2 is 1.91 bits per heavy atom. The summed E-state index contributed by atoms with van der Waals surface area (Å²) in [5, 5.41) is 14.5. The van der Waals surface area contributed by atoms with Crippen LogP contribution >= 0.6 is 11.6 Å². The van der Waals surface area contributed by atoms with Crippen LogP contribution in [0, 0.1) is 0 Å². The summed E-state index contributed by atoms with van der Waals surface area (Å²) in [6.45, 7) is 8.48. The van der Waals surface area contributed by atoms with E-state index >= 15 is 0 Å². The van der Waals surface area contributed by atoms with Crippen LogP contribution in [-0.2, 0) is 11.3 Å². The van der Waals surface area contributed by atoms with Crippen LogP contribution in [0.5, 0.6) is 5.75 Å². The van der Waals surface area contributed by atoms with E-state index in [0.717, 1.165) is 16.5 Å². The van der Waals surface area contributed by atoms with Crippen LogP contribution in [-0.4, -0.2) is 45.7 Å². The maximum atomic E-state index is 12.7. The molecule has 0 bridgehead atoms. The van der Waals surface area contributed by atoms with E-state index in [2.05, 4.69) is 23.7 Å². The number of phenols is 1. The number of nitrogens with zero attached hydrogens (tertiary/aromatic N) is 3. The second-order valence-electron chi connectivity index (χ2n) is 6.97. The van der Waals surface area contributed by atoms with Crippen molar-refractivity contribution in [1.29, 1.82) is 0 Å². The molecule has 0 saturated carbocycles. The predicted octanol–water partition coefficient (Wildman–Crippen LogP) is 3.96. The van der Waals surface area contributed by atoms with Gasteiger partial charge >= 0.3 is 0 Å². The zero-order valence-electron chi connectivity index (χ0n) is 17.4. The quantitative estimate of drug-likeness (QED) is 0.294. The maximum Gasteiger partial charge on any atom is 0.271 e. The van der Waals surface area contributed by atoms with Crippen LogP contribution in [0.2, 0.25) is 5.02 Å². The van der Waals surface area contributed by atoms with E-state index in [4.69, 9.17) is 11.6 Å². The molecule has 0 aliphatic rings. The highest BCUT2D eigenvalue weighted by Crippen LogP contribution is 2.23. The number of rotatable bonds is 9. The molecule has 2 aromatic carbocycles. The highest BCUT2D eigenvalue weighted by molar-refractivity contribution is 6.32. The number of nitrogens with one attached hydrogen (secondary N) is 1. The Kier molecular flexibility index (Phi) is 7.46. The molecule has 0 unspecified atom stereocenters. The minimum Gasteiger partial charge on any atom is -0.506 e. The van der Waals surface area contributed by atoms with Gasteiger partial charge in [-0.1, -0.05) is 35.9 Å². The van der Waals surface area contributed by atoms with Gasteiger partial charge in [0.1, 0.15) is 12.3 Å². The molecular weight excluding hydrogens is 428 g/mol. The van der Waals surface area contributed by atoms with Gasteiger partial charge in [0.05, 0.1) is 11.2 Å². The van der Waals surface area contributed by atoms with E-state index in [0.29, 0.717) is 13.1 Å². The Morgan fingerprint density at radius 3 is 2.59 bits per heavy atom. The number of benzene rings is 2. The molecule has 1 aromatic heterocycles. The lowest BCUT2D eigenvalue weighted by Crippen LogP contribution is -2.34. The normalized spacial score (nSPS) is 10.9. The number of hydrogen-bond acceptors (Lipinski definition) is 4. The van der Waals surface area contributed by atoms with Crippen molar-refractivity contribution in [2.24, 2.45) is 5.10 Å². The average Bonchev–Trinajstić information content (AvgIpc) is 3.19. The zero-order chi connectivity index (χ0) is 23.1. The Morgan fingerprint density at radius 1 is 1.16 bits per heavy atom. The summed E-state index contributed by atoms with van der Waals surface area (Å²) in [4.78, 5) is 26.6. The summed E-state index contributed by atoms with van der Waals surface area (Å²) in [6, 6.07) is 11.7. The number of carbonyl (C=O) groups excluding carboxylic acids is 2. The van der Waals surface area contributed by atoms with Gasteiger partial charge in [-0.25, -0.2) is 5.43 Å². The number of fused-ring (bicyclic) bond motifs is 1. The average molecular weight is 451 g/mol. The van der Waals surface area contributed by atoms with Gasteiger partial charge in [0.15, 0.2) is 0 Å². The monoisotopic (exact) mass is 450 g/mol. The highest BCUT2D eigenvalue weighted by Gasteiger charge is 2.13. The van der Waals surface area contributed by atoms with Gasteiger partial charge in [0.2, 0.25) is 5.91 Å². The molecule has 164 valence electrons.